The van der Waals surface area contributed by atoms with Crippen LogP contribution in [0.2, 0.25) is 0 Å². The molecule has 2 aromatic carbocycles. The summed E-state index contributed by atoms with van der Waals surface area (Å²) in [5, 5.41) is 12.3. The Morgan fingerprint density at radius 1 is 1.00 bits per heavy atom. The fourth-order valence-electron chi connectivity index (χ4n) is 8.26. The zero-order valence-electron chi connectivity index (χ0n) is 25.1. The predicted molar refractivity (Wildman–Crippen MR) is 167 cm³/mol. The molecule has 2 fully saturated rings. The lowest BCUT2D eigenvalue weighted by molar-refractivity contribution is -0.114. The molecule has 4 aliphatic rings. The average molecular weight is 584 g/mol. The molecule has 2 saturated carbocycles. The first-order valence-corrected chi connectivity index (χ1v) is 16.9. The van der Waals surface area contributed by atoms with Crippen molar-refractivity contribution in [1.29, 1.82) is 0 Å². The highest BCUT2D eigenvalue weighted by atomic mass is 32.2. The summed E-state index contributed by atoms with van der Waals surface area (Å²) in [5.74, 6) is 7.67. The van der Waals surface area contributed by atoms with Crippen molar-refractivity contribution in [2.24, 2.45) is 17.3 Å². The van der Waals surface area contributed by atoms with Crippen LogP contribution in [0.5, 0.6) is 0 Å². The van der Waals surface area contributed by atoms with Gasteiger partial charge in [0.25, 0.3) is 0 Å². The van der Waals surface area contributed by atoms with Gasteiger partial charge in [-0.15, -0.1) is 0 Å². The van der Waals surface area contributed by atoms with E-state index in [-0.39, 0.29) is 17.5 Å². The van der Waals surface area contributed by atoms with Crippen LogP contribution in [-0.4, -0.2) is 44.8 Å². The highest BCUT2D eigenvalue weighted by molar-refractivity contribution is 7.91. The average Bonchev–Trinajstić information content (AvgIpc) is 3.25. The number of rotatable bonds is 4. The number of anilines is 1. The molecule has 42 heavy (non-hydrogen) atoms. The largest absolute Gasteiger partial charge is 0.378 e. The normalized spacial score (nSPS) is 30.5. The van der Waals surface area contributed by atoms with Crippen LogP contribution in [0.3, 0.4) is 0 Å². The standard InChI is InChI=1S/C36H41NO4S/c1-5-42(40,41)29-14-6-24(7-15-29)18-20-36(39)21-19-33-31-16-10-26-22-28(38)13-17-30(26)34(31)32(23-35(33,36)2)25-8-11-27(12-9-25)37(3)4/h6-9,11-12,14-15,22,31-33,39H,5,10,13,16-17,19,21,23H2,1-4H3/t31-,32+,33-,35-,36-/m0/s1. The molecule has 0 amide bonds. The van der Waals surface area contributed by atoms with Crippen LogP contribution in [0.1, 0.15) is 75.8 Å². The molecule has 0 bridgehead atoms. The Kier molecular flexibility index (Phi) is 7.27. The molecule has 2 aromatic rings. The maximum Gasteiger partial charge on any atom is 0.178 e. The molecule has 5 nitrogen and oxygen atoms in total. The number of sulfone groups is 1. The number of hydrogen-bond acceptors (Lipinski definition) is 5. The van der Waals surface area contributed by atoms with E-state index in [9.17, 15) is 18.3 Å². The van der Waals surface area contributed by atoms with Crippen molar-refractivity contribution < 1.29 is 18.3 Å². The second-order valence-corrected chi connectivity index (χ2v) is 15.3. The van der Waals surface area contributed by atoms with Gasteiger partial charge in [-0.3, -0.25) is 4.79 Å². The molecule has 0 spiro atoms. The Morgan fingerprint density at radius 2 is 1.71 bits per heavy atom. The summed E-state index contributed by atoms with van der Waals surface area (Å²) in [5.41, 5.74) is 5.71. The SMILES string of the molecule is CCS(=O)(=O)c1ccc(C#C[C@]2(O)CC[C@H]3[C@@H]4CCC5=CC(=O)CCC5=C4[C@@H](c4ccc(N(C)C)cc4)C[C@@]32C)cc1. The quantitative estimate of drug-likeness (QED) is 0.432. The first-order valence-electron chi connectivity index (χ1n) is 15.3. The molecule has 0 radical (unpaired) electrons. The van der Waals surface area contributed by atoms with Crippen molar-refractivity contribution in [2.75, 3.05) is 24.7 Å². The van der Waals surface area contributed by atoms with Gasteiger partial charge >= 0.3 is 0 Å². The van der Waals surface area contributed by atoms with E-state index in [1.54, 1.807) is 31.2 Å². The second kappa shape index (κ2) is 10.5. The summed E-state index contributed by atoms with van der Waals surface area (Å²) in [6.07, 6.45) is 7.56. The van der Waals surface area contributed by atoms with Gasteiger partial charge in [0.2, 0.25) is 0 Å². The monoisotopic (exact) mass is 583 g/mol. The minimum Gasteiger partial charge on any atom is -0.378 e. The van der Waals surface area contributed by atoms with Crippen molar-refractivity contribution in [1.82, 2.24) is 0 Å². The first-order chi connectivity index (χ1) is 20.0. The summed E-state index contributed by atoms with van der Waals surface area (Å²) >= 11 is 0. The summed E-state index contributed by atoms with van der Waals surface area (Å²) < 4.78 is 24.5. The van der Waals surface area contributed by atoms with Crippen LogP contribution in [-0.2, 0) is 14.6 Å². The van der Waals surface area contributed by atoms with E-state index in [2.05, 4.69) is 47.9 Å². The van der Waals surface area contributed by atoms with Gasteiger partial charge in [-0.1, -0.05) is 43.4 Å². The molecular weight excluding hydrogens is 542 g/mol. The fourth-order valence-corrected chi connectivity index (χ4v) is 9.15. The summed E-state index contributed by atoms with van der Waals surface area (Å²) in [4.78, 5) is 14.7. The number of carbonyl (C=O) groups excluding carboxylic acids is 1. The molecule has 0 aromatic heterocycles. The van der Waals surface area contributed by atoms with Gasteiger partial charge < -0.3 is 10.0 Å². The Labute approximate surface area is 250 Å². The minimum atomic E-state index is -3.27. The predicted octanol–water partition coefficient (Wildman–Crippen LogP) is 6.23. The molecule has 6 rings (SSSR count). The number of carbonyl (C=O) groups is 1. The summed E-state index contributed by atoms with van der Waals surface area (Å²) in [6, 6.07) is 15.5. The molecule has 0 unspecified atom stereocenters. The maximum atomic E-state index is 12.3. The van der Waals surface area contributed by atoms with Crippen LogP contribution >= 0.6 is 0 Å². The number of hydrogen-bond donors (Lipinski definition) is 1. The number of nitrogens with zero attached hydrogens (tertiary/aromatic N) is 1. The van der Waals surface area contributed by atoms with E-state index >= 15 is 0 Å². The van der Waals surface area contributed by atoms with E-state index < -0.39 is 20.9 Å². The van der Waals surface area contributed by atoms with Crippen molar-refractivity contribution in [3.05, 3.63) is 82.5 Å². The number of benzene rings is 2. The third kappa shape index (κ3) is 4.75. The zero-order valence-corrected chi connectivity index (χ0v) is 25.9. The van der Waals surface area contributed by atoms with E-state index in [0.717, 1.165) is 37.8 Å². The Hall–Kier alpha value is -3.14. The van der Waals surface area contributed by atoms with Gasteiger partial charge in [-0.2, -0.15) is 0 Å². The van der Waals surface area contributed by atoms with Gasteiger partial charge in [0.1, 0.15) is 5.60 Å². The molecular formula is C36H41NO4S. The molecule has 1 N–H and O–H groups in total. The number of aliphatic hydroxyl groups is 1. The fraction of sp³-hybridized carbons (Fsp3) is 0.472. The van der Waals surface area contributed by atoms with Crippen molar-refractivity contribution in [3.8, 4) is 11.8 Å². The van der Waals surface area contributed by atoms with Crippen LogP contribution in [0.15, 0.2) is 76.2 Å². The number of fused-ring (bicyclic) bond motifs is 4. The van der Waals surface area contributed by atoms with Crippen LogP contribution < -0.4 is 4.90 Å². The summed E-state index contributed by atoms with van der Waals surface area (Å²) in [6.45, 7) is 3.89. The van der Waals surface area contributed by atoms with Gasteiger partial charge in [0.05, 0.1) is 10.6 Å². The smallest absolute Gasteiger partial charge is 0.178 e. The Balaban J connectivity index is 1.41. The molecule has 0 saturated heterocycles. The molecule has 6 heteroatoms. The highest BCUT2D eigenvalue weighted by Gasteiger charge is 2.62. The van der Waals surface area contributed by atoms with Crippen LogP contribution in [0.4, 0.5) is 5.69 Å². The molecule has 220 valence electrons. The van der Waals surface area contributed by atoms with Gasteiger partial charge in [0, 0.05) is 43.1 Å². The Morgan fingerprint density at radius 3 is 2.38 bits per heavy atom. The summed E-state index contributed by atoms with van der Waals surface area (Å²) in [7, 11) is 0.823. The van der Waals surface area contributed by atoms with Crippen molar-refractivity contribution in [2.45, 2.75) is 75.2 Å². The highest BCUT2D eigenvalue weighted by Crippen LogP contribution is 2.66. The lowest BCUT2D eigenvalue weighted by Crippen LogP contribution is -2.51. The minimum absolute atomic E-state index is 0.0590. The van der Waals surface area contributed by atoms with Crippen molar-refractivity contribution >= 4 is 21.3 Å². The van der Waals surface area contributed by atoms with Gasteiger partial charge in [0.15, 0.2) is 15.6 Å². The van der Waals surface area contributed by atoms with Gasteiger partial charge in [-0.25, -0.2) is 8.42 Å². The second-order valence-electron chi connectivity index (χ2n) is 13.1. The third-order valence-corrected chi connectivity index (χ3v) is 12.5. The molecule has 0 aliphatic heterocycles. The van der Waals surface area contributed by atoms with Crippen LogP contribution in [0.25, 0.3) is 0 Å². The maximum absolute atomic E-state index is 12.3. The molecule has 0 heterocycles. The third-order valence-electron chi connectivity index (χ3n) is 10.7. The number of ketones is 1. The van der Waals surface area contributed by atoms with E-state index in [4.69, 9.17) is 0 Å². The van der Waals surface area contributed by atoms with E-state index in [0.29, 0.717) is 35.1 Å². The van der Waals surface area contributed by atoms with E-state index in [1.807, 2.05) is 20.2 Å². The topological polar surface area (TPSA) is 74.7 Å². The number of allylic oxidation sites excluding steroid dienone is 4. The van der Waals surface area contributed by atoms with Crippen LogP contribution in [0, 0.1) is 29.1 Å². The zero-order chi connectivity index (χ0) is 29.9. The van der Waals surface area contributed by atoms with E-state index in [1.165, 1.54) is 22.3 Å². The molecule has 4 aliphatic carbocycles. The van der Waals surface area contributed by atoms with Gasteiger partial charge in [-0.05, 0) is 110 Å². The first kappa shape index (κ1) is 29.0. The lowest BCUT2D eigenvalue weighted by Gasteiger charge is -2.53. The molecule has 5 atom stereocenters. The lowest BCUT2D eigenvalue weighted by atomic mass is 9.51. The van der Waals surface area contributed by atoms with Crippen molar-refractivity contribution in [3.63, 3.8) is 0 Å². The Bertz CT molecular complexity index is 1640.